The van der Waals surface area contributed by atoms with Crippen molar-refractivity contribution in [3.05, 3.63) is 75.4 Å². The Morgan fingerprint density at radius 1 is 1.22 bits per heavy atom. The number of nitro groups is 1. The Bertz CT molecular complexity index is 1110. The van der Waals surface area contributed by atoms with Crippen LogP contribution in [0.1, 0.15) is 5.56 Å². The Morgan fingerprint density at radius 2 is 1.96 bits per heavy atom. The number of H-pyrrole nitrogens is 1. The van der Waals surface area contributed by atoms with E-state index in [-0.39, 0.29) is 10.6 Å². The van der Waals surface area contributed by atoms with Gasteiger partial charge in [-0.05, 0) is 18.2 Å². The highest BCUT2D eigenvalue weighted by Gasteiger charge is 2.17. The van der Waals surface area contributed by atoms with Crippen molar-refractivity contribution in [2.24, 2.45) is 5.10 Å². The summed E-state index contributed by atoms with van der Waals surface area (Å²) >= 11 is 5.86. The molecule has 0 saturated carbocycles. The SMILES string of the molecule is O=[N+]([O-])c1cccc(S(=O)(=O)N/N=C/c2cn[nH]c2-c2ccc(Cl)cc2)c1. The summed E-state index contributed by atoms with van der Waals surface area (Å²) in [6, 6.07) is 11.7. The van der Waals surface area contributed by atoms with Gasteiger partial charge in [0.15, 0.2) is 0 Å². The van der Waals surface area contributed by atoms with Gasteiger partial charge in [0.1, 0.15) is 0 Å². The number of hydrogen-bond donors (Lipinski definition) is 2. The molecule has 11 heteroatoms. The van der Waals surface area contributed by atoms with Crippen molar-refractivity contribution in [3.63, 3.8) is 0 Å². The molecule has 138 valence electrons. The molecule has 0 aliphatic heterocycles. The monoisotopic (exact) mass is 405 g/mol. The van der Waals surface area contributed by atoms with Crippen LogP contribution in [0.5, 0.6) is 0 Å². The molecule has 0 spiro atoms. The second-order valence-corrected chi connectivity index (χ2v) is 7.41. The summed E-state index contributed by atoms with van der Waals surface area (Å²) in [4.78, 5) is 11.9. The van der Waals surface area contributed by atoms with Crippen LogP contribution in [0.2, 0.25) is 5.02 Å². The molecule has 1 heterocycles. The molecule has 0 bridgehead atoms. The molecule has 27 heavy (non-hydrogen) atoms. The Morgan fingerprint density at radius 3 is 2.67 bits per heavy atom. The van der Waals surface area contributed by atoms with Crippen molar-refractivity contribution < 1.29 is 13.3 Å². The average Bonchev–Trinajstić information content (AvgIpc) is 3.11. The molecule has 1 aromatic heterocycles. The van der Waals surface area contributed by atoms with Gasteiger partial charge >= 0.3 is 0 Å². The molecule has 2 N–H and O–H groups in total. The van der Waals surface area contributed by atoms with Crippen LogP contribution in [0, 0.1) is 10.1 Å². The molecular formula is C16H12ClN5O4S. The van der Waals surface area contributed by atoms with E-state index >= 15 is 0 Å². The van der Waals surface area contributed by atoms with Gasteiger partial charge in [0.05, 0.1) is 27.9 Å². The maximum Gasteiger partial charge on any atom is 0.276 e. The largest absolute Gasteiger partial charge is 0.277 e. The lowest BCUT2D eigenvalue weighted by Gasteiger charge is -2.03. The minimum Gasteiger partial charge on any atom is -0.277 e. The van der Waals surface area contributed by atoms with E-state index in [1.165, 1.54) is 30.6 Å². The van der Waals surface area contributed by atoms with Crippen molar-refractivity contribution in [2.45, 2.75) is 4.90 Å². The van der Waals surface area contributed by atoms with E-state index in [4.69, 9.17) is 11.6 Å². The lowest BCUT2D eigenvalue weighted by Crippen LogP contribution is -2.18. The van der Waals surface area contributed by atoms with Crippen LogP contribution in [-0.2, 0) is 10.0 Å². The molecule has 9 nitrogen and oxygen atoms in total. The lowest BCUT2D eigenvalue weighted by atomic mass is 10.1. The van der Waals surface area contributed by atoms with E-state index in [0.717, 1.165) is 11.6 Å². The molecule has 0 aliphatic rings. The Labute approximate surface area is 158 Å². The maximum absolute atomic E-state index is 12.2. The van der Waals surface area contributed by atoms with Crippen LogP contribution in [-0.4, -0.2) is 29.8 Å². The van der Waals surface area contributed by atoms with Crippen LogP contribution < -0.4 is 4.83 Å². The lowest BCUT2D eigenvalue weighted by molar-refractivity contribution is -0.385. The zero-order valence-electron chi connectivity index (χ0n) is 13.5. The van der Waals surface area contributed by atoms with Gasteiger partial charge < -0.3 is 0 Å². The highest BCUT2D eigenvalue weighted by molar-refractivity contribution is 7.89. The normalized spacial score (nSPS) is 11.6. The number of rotatable bonds is 6. The van der Waals surface area contributed by atoms with Crippen molar-refractivity contribution in [1.82, 2.24) is 15.0 Å². The Hall–Kier alpha value is -3.24. The van der Waals surface area contributed by atoms with Gasteiger partial charge in [0.25, 0.3) is 15.7 Å². The summed E-state index contributed by atoms with van der Waals surface area (Å²) in [5.41, 5.74) is 1.63. The van der Waals surface area contributed by atoms with E-state index in [1.807, 2.05) is 4.83 Å². The number of hydrogen-bond acceptors (Lipinski definition) is 6. The van der Waals surface area contributed by atoms with Crippen molar-refractivity contribution in [3.8, 4) is 11.3 Å². The predicted octanol–water partition coefficient (Wildman–Crippen LogP) is 2.95. The summed E-state index contributed by atoms with van der Waals surface area (Å²) in [6.07, 6.45) is 2.76. The summed E-state index contributed by atoms with van der Waals surface area (Å²) in [5, 5.41) is 21.8. The van der Waals surface area contributed by atoms with E-state index < -0.39 is 14.9 Å². The van der Waals surface area contributed by atoms with Gasteiger partial charge in [-0.3, -0.25) is 15.2 Å². The third-order valence-electron chi connectivity index (χ3n) is 3.52. The number of benzene rings is 2. The third kappa shape index (κ3) is 4.30. The first-order chi connectivity index (χ1) is 12.9. The van der Waals surface area contributed by atoms with Crippen LogP contribution in [0.3, 0.4) is 0 Å². The van der Waals surface area contributed by atoms with Crippen LogP contribution in [0.25, 0.3) is 11.3 Å². The molecule has 2 aromatic carbocycles. The topological polar surface area (TPSA) is 130 Å². The minimum atomic E-state index is -4.05. The maximum atomic E-state index is 12.2. The van der Waals surface area contributed by atoms with Gasteiger partial charge in [-0.1, -0.05) is 29.8 Å². The van der Waals surface area contributed by atoms with Crippen LogP contribution >= 0.6 is 11.6 Å². The van der Waals surface area contributed by atoms with Crippen molar-refractivity contribution in [2.75, 3.05) is 0 Å². The van der Waals surface area contributed by atoms with Gasteiger partial charge in [0, 0.05) is 28.3 Å². The van der Waals surface area contributed by atoms with E-state index in [9.17, 15) is 18.5 Å². The van der Waals surface area contributed by atoms with Crippen molar-refractivity contribution in [1.29, 1.82) is 0 Å². The molecular weight excluding hydrogens is 394 g/mol. The van der Waals surface area contributed by atoms with E-state index in [1.54, 1.807) is 24.3 Å². The molecule has 0 saturated heterocycles. The molecule has 3 rings (SSSR count). The smallest absolute Gasteiger partial charge is 0.276 e. The molecule has 0 radical (unpaired) electrons. The molecule has 0 unspecified atom stereocenters. The summed E-state index contributed by atoms with van der Waals surface area (Å²) < 4.78 is 24.5. The molecule has 0 aliphatic carbocycles. The Kier molecular flexibility index (Phi) is 5.19. The number of sulfonamides is 1. The van der Waals surface area contributed by atoms with E-state index in [2.05, 4.69) is 15.3 Å². The third-order valence-corrected chi connectivity index (χ3v) is 4.99. The summed E-state index contributed by atoms with van der Waals surface area (Å²) in [7, 11) is -4.05. The quantitative estimate of drug-likeness (QED) is 0.370. The fourth-order valence-electron chi connectivity index (χ4n) is 2.22. The predicted molar refractivity (Wildman–Crippen MR) is 100 cm³/mol. The summed E-state index contributed by atoms with van der Waals surface area (Å²) in [6.45, 7) is 0. The zero-order valence-corrected chi connectivity index (χ0v) is 15.1. The summed E-state index contributed by atoms with van der Waals surface area (Å²) in [5.74, 6) is 0. The number of halogens is 1. The first-order valence-corrected chi connectivity index (χ1v) is 9.31. The molecule has 0 fully saturated rings. The van der Waals surface area contributed by atoms with Gasteiger partial charge in [-0.2, -0.15) is 18.6 Å². The van der Waals surface area contributed by atoms with Crippen LogP contribution in [0.15, 0.2) is 64.7 Å². The van der Waals surface area contributed by atoms with Gasteiger partial charge in [-0.15, -0.1) is 0 Å². The first kappa shape index (κ1) is 18.5. The number of nitro benzene ring substituents is 1. The van der Waals surface area contributed by atoms with Crippen LogP contribution in [0.4, 0.5) is 5.69 Å². The number of aromatic amines is 1. The molecule has 3 aromatic rings. The molecule has 0 amide bonds. The fraction of sp³-hybridized carbons (Fsp3) is 0. The average molecular weight is 406 g/mol. The fourth-order valence-corrected chi connectivity index (χ4v) is 3.18. The second kappa shape index (κ2) is 7.56. The highest BCUT2D eigenvalue weighted by Crippen LogP contribution is 2.22. The zero-order chi connectivity index (χ0) is 19.4. The first-order valence-electron chi connectivity index (χ1n) is 7.45. The minimum absolute atomic E-state index is 0.265. The Balaban J connectivity index is 1.80. The highest BCUT2D eigenvalue weighted by atomic mass is 35.5. The van der Waals surface area contributed by atoms with Crippen molar-refractivity contribution >= 4 is 33.5 Å². The molecule has 0 atom stereocenters. The number of nitrogens with zero attached hydrogens (tertiary/aromatic N) is 3. The van der Waals surface area contributed by atoms with Gasteiger partial charge in [-0.25, -0.2) is 4.83 Å². The van der Waals surface area contributed by atoms with E-state index in [0.29, 0.717) is 16.3 Å². The number of nitrogens with one attached hydrogen (secondary N) is 2. The van der Waals surface area contributed by atoms with Gasteiger partial charge in [0.2, 0.25) is 0 Å². The number of non-ortho nitro benzene ring substituents is 1. The standard InChI is InChI=1S/C16H12ClN5O4S/c17-13-6-4-11(5-7-13)16-12(9-18-20-16)10-19-21-27(25,26)15-3-1-2-14(8-15)22(23)24/h1-10,21H,(H,18,20)/b19-10+. The second-order valence-electron chi connectivity index (χ2n) is 5.31. The number of hydrazone groups is 1. The number of aromatic nitrogens is 2.